The van der Waals surface area contributed by atoms with Gasteiger partial charge in [0, 0.05) is 17.9 Å². The first-order valence-electron chi connectivity index (χ1n) is 6.68. The van der Waals surface area contributed by atoms with E-state index in [1.807, 2.05) is 19.1 Å². The third-order valence-electron chi connectivity index (χ3n) is 3.23. The molecule has 2 nitrogen and oxygen atoms in total. The van der Waals surface area contributed by atoms with E-state index in [1.54, 1.807) is 0 Å². The minimum Gasteiger partial charge on any atom is -0.356 e. The number of benzene rings is 1. The van der Waals surface area contributed by atoms with Crippen LogP contribution in [0.15, 0.2) is 48.7 Å². The van der Waals surface area contributed by atoms with Crippen molar-refractivity contribution in [3.05, 3.63) is 54.3 Å². The van der Waals surface area contributed by atoms with Gasteiger partial charge in [0.1, 0.15) is 0 Å². The van der Waals surface area contributed by atoms with Crippen LogP contribution in [0.1, 0.15) is 25.3 Å². The number of hydrogen-bond donors (Lipinski definition) is 1. The molecule has 1 fully saturated rings. The molecule has 1 heterocycles. The highest BCUT2D eigenvalue weighted by Crippen LogP contribution is 2.16. The second-order valence-corrected chi connectivity index (χ2v) is 4.83. The Morgan fingerprint density at radius 2 is 1.94 bits per heavy atom. The molecule has 0 atom stereocenters. The van der Waals surface area contributed by atoms with Gasteiger partial charge in [-0.3, -0.25) is 4.90 Å². The van der Waals surface area contributed by atoms with Gasteiger partial charge in [-0.2, -0.15) is 0 Å². The zero-order valence-electron chi connectivity index (χ0n) is 11.2. The topological polar surface area (TPSA) is 15.3 Å². The summed E-state index contributed by atoms with van der Waals surface area (Å²) in [4.78, 5) is 2.52. The molecule has 0 unspecified atom stereocenters. The number of nitrogens with one attached hydrogen (secondary N) is 1. The number of anilines is 1. The van der Waals surface area contributed by atoms with E-state index in [2.05, 4.69) is 41.1 Å². The van der Waals surface area contributed by atoms with E-state index in [0.29, 0.717) is 0 Å². The van der Waals surface area contributed by atoms with Crippen LogP contribution in [0.4, 0.5) is 5.69 Å². The van der Waals surface area contributed by atoms with Crippen LogP contribution in [0.2, 0.25) is 0 Å². The fourth-order valence-corrected chi connectivity index (χ4v) is 2.32. The second kappa shape index (κ2) is 6.41. The van der Waals surface area contributed by atoms with Crippen LogP contribution in [0.25, 0.3) is 0 Å². The van der Waals surface area contributed by atoms with Crippen LogP contribution in [0.5, 0.6) is 0 Å². The highest BCUT2D eigenvalue weighted by atomic mass is 15.1. The molecule has 1 aliphatic rings. The maximum absolute atomic E-state index is 3.94. The van der Waals surface area contributed by atoms with Gasteiger partial charge in [0.25, 0.3) is 0 Å². The lowest BCUT2D eigenvalue weighted by molar-refractivity contribution is 0.331. The number of rotatable bonds is 5. The van der Waals surface area contributed by atoms with Gasteiger partial charge in [0.05, 0.1) is 0 Å². The zero-order chi connectivity index (χ0) is 12.8. The summed E-state index contributed by atoms with van der Waals surface area (Å²) in [7, 11) is 0. The highest BCUT2D eigenvalue weighted by molar-refractivity contribution is 5.50. The van der Waals surface area contributed by atoms with Crippen LogP contribution in [0, 0.1) is 0 Å². The van der Waals surface area contributed by atoms with Crippen LogP contribution in [-0.4, -0.2) is 18.0 Å². The van der Waals surface area contributed by atoms with E-state index < -0.39 is 0 Å². The molecule has 0 bridgehead atoms. The Morgan fingerprint density at radius 1 is 1.28 bits per heavy atom. The van der Waals surface area contributed by atoms with Gasteiger partial charge in [0.2, 0.25) is 0 Å². The summed E-state index contributed by atoms with van der Waals surface area (Å²) in [6.07, 6.45) is 6.65. The Labute approximate surface area is 110 Å². The quantitative estimate of drug-likeness (QED) is 0.790. The van der Waals surface area contributed by atoms with Crippen molar-refractivity contribution >= 4 is 5.69 Å². The maximum atomic E-state index is 3.94. The SMILES string of the molecule is C=C(/C=C/C)Nc1ccc(CN2CCCC2)cc1. The predicted octanol–water partition coefficient (Wildman–Crippen LogP) is 3.78. The fourth-order valence-electron chi connectivity index (χ4n) is 2.32. The van der Waals surface area contributed by atoms with Crippen molar-refractivity contribution < 1.29 is 0 Å². The number of likely N-dealkylation sites (tertiary alicyclic amines) is 1. The molecule has 0 radical (unpaired) electrons. The van der Waals surface area contributed by atoms with Gasteiger partial charge in [-0.05, 0) is 56.6 Å². The summed E-state index contributed by atoms with van der Waals surface area (Å²) < 4.78 is 0. The highest BCUT2D eigenvalue weighted by Gasteiger charge is 2.11. The van der Waals surface area contributed by atoms with Crippen molar-refractivity contribution in [2.24, 2.45) is 0 Å². The number of allylic oxidation sites excluding steroid dienone is 2. The molecule has 0 spiro atoms. The molecular formula is C16H22N2. The van der Waals surface area contributed by atoms with Crippen LogP contribution in [-0.2, 0) is 6.54 Å². The van der Waals surface area contributed by atoms with Gasteiger partial charge in [-0.15, -0.1) is 0 Å². The van der Waals surface area contributed by atoms with E-state index in [1.165, 1.54) is 31.5 Å². The lowest BCUT2D eigenvalue weighted by Gasteiger charge is -2.15. The van der Waals surface area contributed by atoms with Gasteiger partial charge in [0.15, 0.2) is 0 Å². The molecule has 0 saturated carbocycles. The van der Waals surface area contributed by atoms with Crippen molar-refractivity contribution in [2.45, 2.75) is 26.3 Å². The Kier molecular flexibility index (Phi) is 4.59. The molecule has 96 valence electrons. The Bertz CT molecular complexity index is 411. The lowest BCUT2D eigenvalue weighted by atomic mass is 10.2. The minimum atomic E-state index is 0.921. The lowest BCUT2D eigenvalue weighted by Crippen LogP contribution is -2.18. The summed E-state index contributed by atoms with van der Waals surface area (Å²) in [5.41, 5.74) is 3.41. The molecule has 0 amide bonds. The monoisotopic (exact) mass is 242 g/mol. The largest absolute Gasteiger partial charge is 0.356 e. The Morgan fingerprint density at radius 3 is 2.56 bits per heavy atom. The first kappa shape index (κ1) is 12.9. The molecule has 2 heteroatoms. The molecule has 1 aliphatic heterocycles. The first-order valence-corrected chi connectivity index (χ1v) is 6.68. The van der Waals surface area contributed by atoms with Crippen LogP contribution in [0.3, 0.4) is 0 Å². The summed E-state index contributed by atoms with van der Waals surface area (Å²) in [5.74, 6) is 0. The molecule has 0 aromatic heterocycles. The van der Waals surface area contributed by atoms with E-state index in [4.69, 9.17) is 0 Å². The Balaban J connectivity index is 1.90. The van der Waals surface area contributed by atoms with Gasteiger partial charge < -0.3 is 5.32 Å². The molecule has 1 N–H and O–H groups in total. The van der Waals surface area contributed by atoms with Gasteiger partial charge in [-0.1, -0.05) is 24.8 Å². The molecular weight excluding hydrogens is 220 g/mol. The van der Waals surface area contributed by atoms with E-state index in [0.717, 1.165) is 17.9 Å². The van der Waals surface area contributed by atoms with E-state index in [9.17, 15) is 0 Å². The standard InChI is InChI=1S/C16H22N2/c1-3-6-14(2)17-16-9-7-15(8-10-16)13-18-11-4-5-12-18/h3,6-10,17H,2,4-5,11-13H2,1H3/b6-3+. The molecule has 1 saturated heterocycles. The number of nitrogens with zero attached hydrogens (tertiary/aromatic N) is 1. The normalized spacial score (nSPS) is 16.3. The Hall–Kier alpha value is -1.54. The smallest absolute Gasteiger partial charge is 0.0384 e. The molecule has 2 rings (SSSR count). The average Bonchev–Trinajstić information content (AvgIpc) is 2.85. The summed E-state index contributed by atoms with van der Waals surface area (Å²) in [6, 6.07) is 8.65. The summed E-state index contributed by atoms with van der Waals surface area (Å²) >= 11 is 0. The summed E-state index contributed by atoms with van der Waals surface area (Å²) in [5, 5.41) is 3.27. The molecule has 1 aromatic rings. The van der Waals surface area contributed by atoms with Crippen LogP contribution < -0.4 is 5.32 Å². The van der Waals surface area contributed by atoms with Crippen molar-refractivity contribution in [3.63, 3.8) is 0 Å². The van der Waals surface area contributed by atoms with Crippen molar-refractivity contribution in [3.8, 4) is 0 Å². The third-order valence-corrected chi connectivity index (χ3v) is 3.23. The minimum absolute atomic E-state index is 0.921. The van der Waals surface area contributed by atoms with E-state index >= 15 is 0 Å². The van der Waals surface area contributed by atoms with Crippen molar-refractivity contribution in [1.82, 2.24) is 4.90 Å². The van der Waals surface area contributed by atoms with Crippen molar-refractivity contribution in [1.29, 1.82) is 0 Å². The van der Waals surface area contributed by atoms with E-state index in [-0.39, 0.29) is 0 Å². The first-order chi connectivity index (χ1) is 8.78. The maximum Gasteiger partial charge on any atom is 0.0384 e. The molecule has 1 aromatic carbocycles. The fraction of sp³-hybridized carbons (Fsp3) is 0.375. The predicted molar refractivity (Wildman–Crippen MR) is 78.5 cm³/mol. The van der Waals surface area contributed by atoms with Gasteiger partial charge >= 0.3 is 0 Å². The zero-order valence-corrected chi connectivity index (χ0v) is 11.2. The second-order valence-electron chi connectivity index (χ2n) is 4.83. The average molecular weight is 242 g/mol. The molecule has 18 heavy (non-hydrogen) atoms. The third kappa shape index (κ3) is 3.74. The van der Waals surface area contributed by atoms with Gasteiger partial charge in [-0.25, -0.2) is 0 Å². The summed E-state index contributed by atoms with van der Waals surface area (Å²) in [6.45, 7) is 9.51. The number of hydrogen-bond acceptors (Lipinski definition) is 2. The van der Waals surface area contributed by atoms with Crippen molar-refractivity contribution in [2.75, 3.05) is 18.4 Å². The van der Waals surface area contributed by atoms with Crippen LogP contribution >= 0.6 is 0 Å². The molecule has 0 aliphatic carbocycles.